The van der Waals surface area contributed by atoms with Crippen molar-refractivity contribution in [3.8, 4) is 0 Å². The van der Waals surface area contributed by atoms with Crippen molar-refractivity contribution in [3.05, 3.63) is 46.5 Å². The van der Waals surface area contributed by atoms with Crippen molar-refractivity contribution in [2.75, 3.05) is 13.1 Å². The molecule has 1 aromatic heterocycles. The predicted octanol–water partition coefficient (Wildman–Crippen LogP) is 3.78. The number of carbonyl (C=O) groups is 1. The van der Waals surface area contributed by atoms with Crippen molar-refractivity contribution >= 4 is 5.91 Å². The van der Waals surface area contributed by atoms with E-state index in [-0.39, 0.29) is 17.2 Å². The fourth-order valence-electron chi connectivity index (χ4n) is 4.71. The van der Waals surface area contributed by atoms with Gasteiger partial charge in [0.15, 0.2) is 5.82 Å². The van der Waals surface area contributed by atoms with Crippen LogP contribution in [0.5, 0.6) is 0 Å². The van der Waals surface area contributed by atoms with E-state index in [2.05, 4.69) is 23.2 Å². The van der Waals surface area contributed by atoms with Gasteiger partial charge in [-0.3, -0.25) is 9.89 Å². The number of carbonyl (C=O) groups excluding carboxylic acids is 1. The summed E-state index contributed by atoms with van der Waals surface area (Å²) in [6, 6.07) is 6.12. The van der Waals surface area contributed by atoms with Crippen LogP contribution in [0.1, 0.15) is 71.7 Å². The number of H-pyrrole nitrogens is 1. The standard InChI is InChI=1S/C21H28N4O/c1-4-6-18-22-19(24-23-18)17-12-25(13-21(17)7-5-8-21)20(26)16-10-14(2)9-15(3)11-16/h9-11,17H,4-8,12-13H2,1-3H3,(H,22,23,24). The van der Waals surface area contributed by atoms with E-state index in [1.165, 1.54) is 19.3 Å². The summed E-state index contributed by atoms with van der Waals surface area (Å²) in [5.74, 6) is 2.28. The van der Waals surface area contributed by atoms with Crippen LogP contribution in [0.15, 0.2) is 18.2 Å². The molecule has 5 heteroatoms. The molecule has 2 aromatic rings. The van der Waals surface area contributed by atoms with E-state index >= 15 is 0 Å². The number of amides is 1. The number of aryl methyl sites for hydroxylation is 3. The first-order valence-electron chi connectivity index (χ1n) is 9.79. The smallest absolute Gasteiger partial charge is 0.253 e. The molecule has 4 rings (SSSR count). The Morgan fingerprint density at radius 3 is 2.62 bits per heavy atom. The van der Waals surface area contributed by atoms with Gasteiger partial charge in [0, 0.05) is 31.0 Å². The second-order valence-electron chi connectivity index (χ2n) is 8.22. The van der Waals surface area contributed by atoms with Gasteiger partial charge in [-0.25, -0.2) is 4.98 Å². The Bertz CT molecular complexity index is 801. The minimum absolute atomic E-state index is 0.148. The molecule has 1 saturated carbocycles. The summed E-state index contributed by atoms with van der Waals surface area (Å²) in [4.78, 5) is 19.9. The second kappa shape index (κ2) is 6.53. The van der Waals surface area contributed by atoms with E-state index in [9.17, 15) is 4.79 Å². The normalized spacial score (nSPS) is 21.2. The zero-order valence-electron chi connectivity index (χ0n) is 16.0. The number of likely N-dealkylation sites (tertiary alicyclic amines) is 1. The highest BCUT2D eigenvalue weighted by Gasteiger charge is 2.53. The first-order chi connectivity index (χ1) is 12.5. The van der Waals surface area contributed by atoms with Gasteiger partial charge in [-0.15, -0.1) is 0 Å². The van der Waals surface area contributed by atoms with Crippen molar-refractivity contribution in [3.63, 3.8) is 0 Å². The van der Waals surface area contributed by atoms with Crippen LogP contribution in [0, 0.1) is 19.3 Å². The molecular weight excluding hydrogens is 324 g/mol. The predicted molar refractivity (Wildman–Crippen MR) is 101 cm³/mol. The molecule has 1 saturated heterocycles. The molecule has 26 heavy (non-hydrogen) atoms. The number of aromatic amines is 1. The van der Waals surface area contributed by atoms with Gasteiger partial charge in [-0.2, -0.15) is 5.10 Å². The lowest BCUT2D eigenvalue weighted by Crippen LogP contribution is -2.38. The number of nitrogens with one attached hydrogen (secondary N) is 1. The zero-order valence-corrected chi connectivity index (χ0v) is 16.0. The largest absolute Gasteiger partial charge is 0.337 e. The maximum absolute atomic E-state index is 13.1. The van der Waals surface area contributed by atoms with Crippen LogP contribution in [0.4, 0.5) is 0 Å². The first kappa shape index (κ1) is 17.3. The summed E-state index contributed by atoms with van der Waals surface area (Å²) in [6.45, 7) is 7.81. The number of rotatable bonds is 4. The monoisotopic (exact) mass is 352 g/mol. The minimum Gasteiger partial charge on any atom is -0.337 e. The van der Waals surface area contributed by atoms with Crippen LogP contribution in [0.3, 0.4) is 0 Å². The molecule has 2 aliphatic rings. The van der Waals surface area contributed by atoms with Gasteiger partial charge in [0.05, 0.1) is 0 Å². The Morgan fingerprint density at radius 2 is 2.00 bits per heavy atom. The van der Waals surface area contributed by atoms with Gasteiger partial charge >= 0.3 is 0 Å². The Labute approximate surface area is 155 Å². The molecule has 1 unspecified atom stereocenters. The summed E-state index contributed by atoms with van der Waals surface area (Å²) in [7, 11) is 0. The highest BCUT2D eigenvalue weighted by molar-refractivity contribution is 5.95. The third kappa shape index (κ3) is 2.93. The van der Waals surface area contributed by atoms with Gasteiger partial charge < -0.3 is 4.90 Å². The summed E-state index contributed by atoms with van der Waals surface area (Å²) < 4.78 is 0. The molecule has 2 heterocycles. The molecule has 2 fully saturated rings. The molecule has 0 bridgehead atoms. The third-order valence-electron chi connectivity index (χ3n) is 6.10. The molecule has 5 nitrogen and oxygen atoms in total. The third-order valence-corrected chi connectivity index (χ3v) is 6.10. The van der Waals surface area contributed by atoms with Gasteiger partial charge in [-0.05, 0) is 50.7 Å². The number of nitrogens with zero attached hydrogens (tertiary/aromatic N) is 3. The van der Waals surface area contributed by atoms with E-state index in [1.54, 1.807) is 0 Å². The van der Waals surface area contributed by atoms with Crippen molar-refractivity contribution < 1.29 is 4.79 Å². The fraction of sp³-hybridized carbons (Fsp3) is 0.571. The molecular formula is C21H28N4O. The van der Waals surface area contributed by atoms with E-state index in [0.29, 0.717) is 0 Å². The summed E-state index contributed by atoms with van der Waals surface area (Å²) >= 11 is 0. The Kier molecular flexibility index (Phi) is 4.33. The van der Waals surface area contributed by atoms with Crippen molar-refractivity contribution in [1.82, 2.24) is 20.1 Å². The van der Waals surface area contributed by atoms with Gasteiger partial charge in [0.25, 0.3) is 5.91 Å². The van der Waals surface area contributed by atoms with Gasteiger partial charge in [0.2, 0.25) is 0 Å². The Balaban J connectivity index is 1.59. The van der Waals surface area contributed by atoms with Crippen molar-refractivity contribution in [1.29, 1.82) is 0 Å². The van der Waals surface area contributed by atoms with Crippen LogP contribution in [0.25, 0.3) is 0 Å². The van der Waals surface area contributed by atoms with Crippen LogP contribution in [-0.4, -0.2) is 39.1 Å². The maximum Gasteiger partial charge on any atom is 0.253 e. The maximum atomic E-state index is 13.1. The topological polar surface area (TPSA) is 61.9 Å². The summed E-state index contributed by atoms with van der Waals surface area (Å²) in [5.41, 5.74) is 3.26. The van der Waals surface area contributed by atoms with E-state index in [4.69, 9.17) is 4.98 Å². The van der Waals surface area contributed by atoms with Crippen molar-refractivity contribution in [2.24, 2.45) is 5.41 Å². The van der Waals surface area contributed by atoms with Gasteiger partial charge in [0.1, 0.15) is 5.82 Å². The fourth-order valence-corrected chi connectivity index (χ4v) is 4.71. The zero-order chi connectivity index (χ0) is 18.3. The first-order valence-corrected chi connectivity index (χ1v) is 9.79. The number of hydrogen-bond donors (Lipinski definition) is 1. The number of hydrogen-bond acceptors (Lipinski definition) is 3. The van der Waals surface area contributed by atoms with Crippen LogP contribution < -0.4 is 0 Å². The lowest BCUT2D eigenvalue weighted by molar-refractivity contribution is 0.0724. The molecule has 1 aliphatic carbocycles. The molecule has 1 atom stereocenters. The van der Waals surface area contributed by atoms with Crippen LogP contribution in [-0.2, 0) is 6.42 Å². The molecule has 1 aromatic carbocycles. The van der Waals surface area contributed by atoms with Crippen LogP contribution >= 0.6 is 0 Å². The SMILES string of the molecule is CCCc1nc(C2CN(C(=O)c3cc(C)cc(C)c3)CC23CCC3)n[nH]1. The number of benzene rings is 1. The highest BCUT2D eigenvalue weighted by Crippen LogP contribution is 2.55. The summed E-state index contributed by atoms with van der Waals surface area (Å²) in [5, 5.41) is 7.61. The number of aromatic nitrogens is 3. The Morgan fingerprint density at radius 1 is 1.27 bits per heavy atom. The lowest BCUT2D eigenvalue weighted by Gasteiger charge is -2.41. The molecule has 1 amide bonds. The van der Waals surface area contributed by atoms with Crippen LogP contribution in [0.2, 0.25) is 0 Å². The summed E-state index contributed by atoms with van der Waals surface area (Å²) in [6.07, 6.45) is 5.58. The molecule has 1 spiro atoms. The van der Waals surface area contributed by atoms with Crippen molar-refractivity contribution in [2.45, 2.75) is 58.8 Å². The molecule has 138 valence electrons. The van der Waals surface area contributed by atoms with Gasteiger partial charge in [-0.1, -0.05) is 30.5 Å². The average molecular weight is 352 g/mol. The highest BCUT2D eigenvalue weighted by atomic mass is 16.2. The second-order valence-corrected chi connectivity index (χ2v) is 8.22. The van der Waals surface area contributed by atoms with E-state index < -0.39 is 0 Å². The Hall–Kier alpha value is -2.17. The lowest BCUT2D eigenvalue weighted by atomic mass is 9.62. The van der Waals surface area contributed by atoms with E-state index in [0.717, 1.165) is 54.3 Å². The molecule has 0 radical (unpaired) electrons. The quantitative estimate of drug-likeness (QED) is 0.911. The molecule has 1 N–H and O–H groups in total. The molecule has 1 aliphatic heterocycles. The van der Waals surface area contributed by atoms with E-state index in [1.807, 2.05) is 30.9 Å². The average Bonchev–Trinajstić information content (AvgIpc) is 3.17. The minimum atomic E-state index is 0.148.